The molecule has 0 saturated carbocycles. The number of aliphatic hydroxyl groups excluding tert-OH is 1. The zero-order valence-corrected chi connectivity index (χ0v) is 12.9. The van der Waals surface area contributed by atoms with Gasteiger partial charge >= 0.3 is 0 Å². The molecule has 1 aliphatic heterocycles. The fraction of sp³-hybridized carbons (Fsp3) is 0.625. The average molecular weight is 278 g/mol. The predicted molar refractivity (Wildman–Crippen MR) is 81.1 cm³/mol. The van der Waals surface area contributed by atoms with Gasteiger partial charge in [-0.05, 0) is 38.6 Å². The number of piperazine rings is 1. The molecule has 0 spiro atoms. The molecule has 0 aliphatic carbocycles. The van der Waals surface area contributed by atoms with Gasteiger partial charge in [-0.3, -0.25) is 9.80 Å². The van der Waals surface area contributed by atoms with Gasteiger partial charge in [0.05, 0.1) is 13.2 Å². The summed E-state index contributed by atoms with van der Waals surface area (Å²) >= 11 is 0. The Bertz CT molecular complexity index is 409. The summed E-state index contributed by atoms with van der Waals surface area (Å²) in [5.74, 6) is 0.822. The number of hydrogen-bond donors (Lipinski definition) is 1. The van der Waals surface area contributed by atoms with E-state index in [1.807, 2.05) is 24.3 Å². The monoisotopic (exact) mass is 278 g/mol. The van der Waals surface area contributed by atoms with Crippen molar-refractivity contribution in [1.82, 2.24) is 9.80 Å². The second kappa shape index (κ2) is 6.57. The molecule has 1 aliphatic rings. The summed E-state index contributed by atoms with van der Waals surface area (Å²) in [5, 5.41) is 10.4. The Morgan fingerprint density at radius 3 is 2.25 bits per heavy atom. The number of β-amino-alcohol motifs (C(OH)–C–C–N with tert-alkyl or cyclic N) is 1. The van der Waals surface area contributed by atoms with Crippen LogP contribution >= 0.6 is 0 Å². The number of methoxy groups -OCH3 is 1. The maximum atomic E-state index is 10.4. The molecule has 0 bridgehead atoms. The molecular formula is C16H26N2O2. The molecule has 2 rings (SSSR count). The molecule has 0 amide bonds. The number of aliphatic hydroxyl groups is 1. The van der Waals surface area contributed by atoms with Crippen LogP contribution in [0.25, 0.3) is 0 Å². The SMILES string of the molecule is COc1ccc(C(O)CN2CC(C)N(C)C(C)C2)cc1. The summed E-state index contributed by atoms with van der Waals surface area (Å²) in [7, 11) is 3.82. The fourth-order valence-corrected chi connectivity index (χ4v) is 2.84. The average Bonchev–Trinajstić information content (AvgIpc) is 2.44. The Kier molecular flexibility index (Phi) is 5.02. The van der Waals surface area contributed by atoms with E-state index in [9.17, 15) is 5.11 Å². The molecule has 4 heteroatoms. The molecule has 1 heterocycles. The highest BCUT2D eigenvalue weighted by Gasteiger charge is 2.27. The number of ether oxygens (including phenoxy) is 1. The van der Waals surface area contributed by atoms with Crippen molar-refractivity contribution in [2.24, 2.45) is 0 Å². The Morgan fingerprint density at radius 2 is 1.75 bits per heavy atom. The molecule has 4 nitrogen and oxygen atoms in total. The first-order chi connectivity index (χ1) is 9.51. The summed E-state index contributed by atoms with van der Waals surface area (Å²) in [4.78, 5) is 4.75. The molecule has 1 N–H and O–H groups in total. The van der Waals surface area contributed by atoms with E-state index in [-0.39, 0.29) is 0 Å². The van der Waals surface area contributed by atoms with Crippen molar-refractivity contribution in [3.63, 3.8) is 0 Å². The van der Waals surface area contributed by atoms with Crippen LogP contribution in [-0.4, -0.2) is 60.8 Å². The van der Waals surface area contributed by atoms with Crippen molar-refractivity contribution in [2.75, 3.05) is 33.8 Å². The van der Waals surface area contributed by atoms with Crippen LogP contribution < -0.4 is 4.74 Å². The van der Waals surface area contributed by atoms with Crippen LogP contribution in [0, 0.1) is 0 Å². The molecule has 1 aromatic carbocycles. The molecule has 20 heavy (non-hydrogen) atoms. The van der Waals surface area contributed by atoms with Gasteiger partial charge in [0, 0.05) is 31.7 Å². The summed E-state index contributed by atoms with van der Waals surface area (Å²) in [6, 6.07) is 8.73. The first kappa shape index (κ1) is 15.3. The van der Waals surface area contributed by atoms with Crippen LogP contribution in [-0.2, 0) is 0 Å². The standard InChI is InChI=1S/C16H26N2O2/c1-12-9-18(10-13(2)17(12)3)11-16(19)14-5-7-15(20-4)8-6-14/h5-8,12-13,16,19H,9-11H2,1-4H3. The first-order valence-corrected chi connectivity index (χ1v) is 7.27. The van der Waals surface area contributed by atoms with Gasteiger partial charge in [-0.2, -0.15) is 0 Å². The highest BCUT2D eigenvalue weighted by Crippen LogP contribution is 2.21. The lowest BCUT2D eigenvalue weighted by atomic mass is 10.1. The van der Waals surface area contributed by atoms with Crippen molar-refractivity contribution < 1.29 is 9.84 Å². The molecule has 1 saturated heterocycles. The van der Waals surface area contributed by atoms with Gasteiger partial charge < -0.3 is 9.84 Å². The van der Waals surface area contributed by atoms with E-state index in [0.29, 0.717) is 18.6 Å². The van der Waals surface area contributed by atoms with Gasteiger partial charge in [0.15, 0.2) is 0 Å². The fourth-order valence-electron chi connectivity index (χ4n) is 2.84. The van der Waals surface area contributed by atoms with Gasteiger partial charge in [-0.1, -0.05) is 12.1 Å². The van der Waals surface area contributed by atoms with E-state index in [1.165, 1.54) is 0 Å². The normalized spacial score (nSPS) is 26.4. The quantitative estimate of drug-likeness (QED) is 0.910. The van der Waals surface area contributed by atoms with Crippen LogP contribution in [0.1, 0.15) is 25.5 Å². The van der Waals surface area contributed by atoms with Gasteiger partial charge in [0.25, 0.3) is 0 Å². The smallest absolute Gasteiger partial charge is 0.118 e. The number of hydrogen-bond acceptors (Lipinski definition) is 4. The zero-order valence-electron chi connectivity index (χ0n) is 12.9. The Hall–Kier alpha value is -1.10. The van der Waals surface area contributed by atoms with E-state index in [2.05, 4.69) is 30.7 Å². The molecule has 112 valence electrons. The molecule has 3 unspecified atom stereocenters. The van der Waals surface area contributed by atoms with Gasteiger partial charge in [0.2, 0.25) is 0 Å². The Labute approximate surface area is 122 Å². The number of rotatable bonds is 4. The van der Waals surface area contributed by atoms with Gasteiger partial charge in [-0.25, -0.2) is 0 Å². The van der Waals surface area contributed by atoms with E-state index < -0.39 is 6.10 Å². The molecule has 0 aromatic heterocycles. The second-order valence-corrected chi connectivity index (χ2v) is 5.87. The predicted octanol–water partition coefficient (Wildman–Crippen LogP) is 1.75. The molecule has 0 radical (unpaired) electrons. The second-order valence-electron chi connectivity index (χ2n) is 5.87. The highest BCUT2D eigenvalue weighted by molar-refractivity contribution is 5.28. The summed E-state index contributed by atoms with van der Waals surface area (Å²) in [6.45, 7) is 7.18. The molecule has 1 aromatic rings. The summed E-state index contributed by atoms with van der Waals surface area (Å²) in [5.41, 5.74) is 0.949. The molecule has 3 atom stereocenters. The Balaban J connectivity index is 1.95. The van der Waals surface area contributed by atoms with Crippen molar-refractivity contribution >= 4 is 0 Å². The van der Waals surface area contributed by atoms with E-state index in [1.54, 1.807) is 7.11 Å². The van der Waals surface area contributed by atoms with Crippen molar-refractivity contribution in [1.29, 1.82) is 0 Å². The van der Waals surface area contributed by atoms with Gasteiger partial charge in [0.1, 0.15) is 5.75 Å². The number of nitrogens with zero attached hydrogens (tertiary/aromatic N) is 2. The summed E-state index contributed by atoms with van der Waals surface area (Å²) < 4.78 is 5.14. The van der Waals surface area contributed by atoms with Crippen molar-refractivity contribution in [3.8, 4) is 5.75 Å². The van der Waals surface area contributed by atoms with Crippen LogP contribution in [0.5, 0.6) is 5.75 Å². The third-order valence-corrected chi connectivity index (χ3v) is 4.37. The van der Waals surface area contributed by atoms with E-state index in [0.717, 1.165) is 24.4 Å². The highest BCUT2D eigenvalue weighted by atomic mass is 16.5. The number of benzene rings is 1. The molecule has 1 fully saturated rings. The van der Waals surface area contributed by atoms with E-state index in [4.69, 9.17) is 4.74 Å². The van der Waals surface area contributed by atoms with Crippen LogP contribution in [0.2, 0.25) is 0 Å². The first-order valence-electron chi connectivity index (χ1n) is 7.27. The van der Waals surface area contributed by atoms with Crippen LogP contribution in [0.15, 0.2) is 24.3 Å². The minimum Gasteiger partial charge on any atom is -0.497 e. The van der Waals surface area contributed by atoms with Gasteiger partial charge in [-0.15, -0.1) is 0 Å². The van der Waals surface area contributed by atoms with Crippen LogP contribution in [0.4, 0.5) is 0 Å². The lowest BCUT2D eigenvalue weighted by Crippen LogP contribution is -2.55. The minimum atomic E-state index is -0.441. The zero-order chi connectivity index (χ0) is 14.7. The van der Waals surface area contributed by atoms with Crippen molar-refractivity contribution in [2.45, 2.75) is 32.0 Å². The third kappa shape index (κ3) is 3.51. The summed E-state index contributed by atoms with van der Waals surface area (Å²) in [6.07, 6.45) is -0.441. The largest absolute Gasteiger partial charge is 0.497 e. The maximum Gasteiger partial charge on any atom is 0.118 e. The minimum absolute atomic E-state index is 0.441. The number of likely N-dealkylation sites (N-methyl/N-ethyl adjacent to an activating group) is 1. The lowest BCUT2D eigenvalue weighted by molar-refractivity contribution is 0.0282. The van der Waals surface area contributed by atoms with E-state index >= 15 is 0 Å². The van der Waals surface area contributed by atoms with Crippen molar-refractivity contribution in [3.05, 3.63) is 29.8 Å². The molecular weight excluding hydrogens is 252 g/mol. The lowest BCUT2D eigenvalue weighted by Gasteiger charge is -2.43. The third-order valence-electron chi connectivity index (χ3n) is 4.37. The van der Waals surface area contributed by atoms with Crippen LogP contribution in [0.3, 0.4) is 0 Å². The maximum absolute atomic E-state index is 10.4. The topological polar surface area (TPSA) is 35.9 Å². The Morgan fingerprint density at radius 1 is 1.20 bits per heavy atom.